The topological polar surface area (TPSA) is 98.0 Å². The maximum atomic E-state index is 6.19. The van der Waals surface area contributed by atoms with Crippen molar-refractivity contribution in [2.75, 3.05) is 23.5 Å². The Morgan fingerprint density at radius 2 is 1.80 bits per heavy atom. The van der Waals surface area contributed by atoms with Crippen molar-refractivity contribution in [3.8, 4) is 5.75 Å². The van der Waals surface area contributed by atoms with E-state index in [9.17, 15) is 0 Å². The average molecular weight is 357 g/mol. The molecule has 2 heterocycles. The maximum absolute atomic E-state index is 6.19. The third-order valence-electron chi connectivity index (χ3n) is 3.46. The van der Waals surface area contributed by atoms with Crippen molar-refractivity contribution < 1.29 is 4.74 Å². The van der Waals surface area contributed by atoms with Crippen LogP contribution >= 0.6 is 11.6 Å². The Hall–Kier alpha value is -3.06. The second kappa shape index (κ2) is 7.23. The summed E-state index contributed by atoms with van der Waals surface area (Å²) in [6, 6.07) is 9.03. The van der Waals surface area contributed by atoms with Crippen LogP contribution in [0.15, 0.2) is 42.9 Å². The molecule has 0 saturated carbocycles. The summed E-state index contributed by atoms with van der Waals surface area (Å²) in [5.41, 5.74) is 8.26. The van der Waals surface area contributed by atoms with Crippen LogP contribution in [0.3, 0.4) is 0 Å². The number of anilines is 5. The third-order valence-corrected chi connectivity index (χ3v) is 3.69. The predicted octanol–water partition coefficient (Wildman–Crippen LogP) is 3.91. The van der Waals surface area contributed by atoms with Gasteiger partial charge in [-0.1, -0.05) is 17.7 Å². The summed E-state index contributed by atoms with van der Waals surface area (Å²) < 4.78 is 5.32. The molecule has 0 amide bonds. The zero-order valence-corrected chi connectivity index (χ0v) is 14.5. The number of nitrogens with two attached hydrogens (primary N) is 1. The molecule has 25 heavy (non-hydrogen) atoms. The van der Waals surface area contributed by atoms with E-state index in [1.807, 2.05) is 19.1 Å². The van der Waals surface area contributed by atoms with Gasteiger partial charge in [0.05, 0.1) is 12.8 Å². The molecule has 7 nitrogen and oxygen atoms in total. The highest BCUT2D eigenvalue weighted by Gasteiger charge is 2.12. The lowest BCUT2D eigenvalue weighted by Crippen LogP contribution is -2.06. The number of ether oxygens (including phenoxy) is 1. The molecular weight excluding hydrogens is 340 g/mol. The van der Waals surface area contributed by atoms with E-state index in [-0.39, 0.29) is 0 Å². The molecule has 3 rings (SSSR count). The van der Waals surface area contributed by atoms with Crippen LogP contribution < -0.4 is 21.1 Å². The number of nitrogens with one attached hydrogen (secondary N) is 2. The van der Waals surface area contributed by atoms with Crippen molar-refractivity contribution in [1.82, 2.24) is 15.0 Å². The molecule has 0 aliphatic carbocycles. The van der Waals surface area contributed by atoms with Crippen LogP contribution in [0.1, 0.15) is 5.56 Å². The summed E-state index contributed by atoms with van der Waals surface area (Å²) in [5.74, 6) is 2.15. The van der Waals surface area contributed by atoms with Crippen molar-refractivity contribution in [2.45, 2.75) is 6.92 Å². The summed E-state index contributed by atoms with van der Waals surface area (Å²) in [6.07, 6.45) is 3.17. The van der Waals surface area contributed by atoms with E-state index in [4.69, 9.17) is 22.1 Å². The highest BCUT2D eigenvalue weighted by Crippen LogP contribution is 2.33. The zero-order valence-electron chi connectivity index (χ0n) is 13.7. The number of benzene rings is 1. The number of methoxy groups -OCH3 is 1. The summed E-state index contributed by atoms with van der Waals surface area (Å²) in [5, 5.41) is 6.77. The Morgan fingerprint density at radius 1 is 1.04 bits per heavy atom. The smallest absolute Gasteiger partial charge is 0.160 e. The lowest BCUT2D eigenvalue weighted by atomic mass is 10.3. The molecule has 1 aromatic carbocycles. The Labute approximate surface area is 150 Å². The van der Waals surface area contributed by atoms with Gasteiger partial charge in [-0.2, -0.15) is 0 Å². The minimum Gasteiger partial charge on any atom is -0.495 e. The number of nitrogens with zero attached hydrogens (tertiary/aromatic N) is 3. The molecule has 0 aliphatic rings. The van der Waals surface area contributed by atoms with E-state index >= 15 is 0 Å². The monoisotopic (exact) mass is 356 g/mol. The molecule has 3 aromatic rings. The zero-order chi connectivity index (χ0) is 17.8. The molecule has 0 radical (unpaired) electrons. The van der Waals surface area contributed by atoms with E-state index in [0.29, 0.717) is 39.6 Å². The fourth-order valence-electron chi connectivity index (χ4n) is 2.16. The molecule has 0 aliphatic heterocycles. The van der Waals surface area contributed by atoms with Gasteiger partial charge in [0, 0.05) is 11.2 Å². The van der Waals surface area contributed by atoms with Crippen LogP contribution in [0, 0.1) is 6.92 Å². The Balaban J connectivity index is 1.88. The van der Waals surface area contributed by atoms with Gasteiger partial charge in [0.25, 0.3) is 0 Å². The molecule has 0 spiro atoms. The molecule has 0 bridgehead atoms. The van der Waals surface area contributed by atoms with Crippen molar-refractivity contribution in [3.63, 3.8) is 0 Å². The summed E-state index contributed by atoms with van der Waals surface area (Å²) in [7, 11) is 1.58. The van der Waals surface area contributed by atoms with Crippen molar-refractivity contribution in [1.29, 1.82) is 0 Å². The Bertz CT molecular complexity index is 885. The lowest BCUT2D eigenvalue weighted by Gasteiger charge is -2.14. The van der Waals surface area contributed by atoms with Gasteiger partial charge in [-0.15, -0.1) is 0 Å². The molecule has 0 fully saturated rings. The number of hydrogen-bond acceptors (Lipinski definition) is 7. The molecule has 2 aromatic heterocycles. The number of aromatic nitrogens is 3. The SMILES string of the molecule is COc1ccc(Cl)cc1Nc1ncnc(Nc2ccc(C)cn2)c1N. The third kappa shape index (κ3) is 3.89. The van der Waals surface area contributed by atoms with Gasteiger partial charge >= 0.3 is 0 Å². The van der Waals surface area contributed by atoms with Crippen LogP contribution in [0.2, 0.25) is 5.02 Å². The first kappa shape index (κ1) is 16.8. The van der Waals surface area contributed by atoms with Crippen LogP contribution in [0.4, 0.5) is 28.8 Å². The first-order chi connectivity index (χ1) is 12.1. The predicted molar refractivity (Wildman–Crippen MR) is 100.0 cm³/mol. The lowest BCUT2D eigenvalue weighted by molar-refractivity contribution is 0.417. The minimum atomic E-state index is 0.354. The number of nitrogen functional groups attached to an aromatic ring is 1. The molecule has 128 valence electrons. The van der Waals surface area contributed by atoms with E-state index < -0.39 is 0 Å². The molecule has 0 atom stereocenters. The van der Waals surface area contributed by atoms with Gasteiger partial charge in [-0.25, -0.2) is 15.0 Å². The number of halogens is 1. The standard InChI is InChI=1S/C17H17ClN6O/c1-10-3-6-14(20-8-10)24-17-15(19)16(21-9-22-17)23-12-7-11(18)4-5-13(12)25-2/h3-9H,19H2,1-2H3,(H2,20,21,22,23,24). The first-order valence-electron chi connectivity index (χ1n) is 7.47. The van der Waals surface area contributed by atoms with Crippen molar-refractivity contribution in [2.24, 2.45) is 0 Å². The van der Waals surface area contributed by atoms with Gasteiger partial charge < -0.3 is 21.1 Å². The highest BCUT2D eigenvalue weighted by atomic mass is 35.5. The number of hydrogen-bond donors (Lipinski definition) is 3. The second-order valence-electron chi connectivity index (χ2n) is 5.30. The fourth-order valence-corrected chi connectivity index (χ4v) is 2.34. The van der Waals surface area contributed by atoms with Crippen molar-refractivity contribution >= 4 is 40.4 Å². The van der Waals surface area contributed by atoms with E-state index in [0.717, 1.165) is 5.56 Å². The number of aryl methyl sites for hydroxylation is 1. The van der Waals surface area contributed by atoms with Gasteiger partial charge in [-0.05, 0) is 36.8 Å². The van der Waals surface area contributed by atoms with Gasteiger partial charge in [0.1, 0.15) is 23.6 Å². The normalized spacial score (nSPS) is 10.4. The van der Waals surface area contributed by atoms with Gasteiger partial charge in [0.2, 0.25) is 0 Å². The van der Waals surface area contributed by atoms with Gasteiger partial charge in [-0.3, -0.25) is 0 Å². The van der Waals surface area contributed by atoms with E-state index in [2.05, 4.69) is 25.6 Å². The summed E-state index contributed by atoms with van der Waals surface area (Å²) in [4.78, 5) is 12.6. The highest BCUT2D eigenvalue weighted by molar-refractivity contribution is 6.31. The van der Waals surface area contributed by atoms with E-state index in [1.165, 1.54) is 6.33 Å². The Kier molecular flexibility index (Phi) is 4.85. The second-order valence-corrected chi connectivity index (χ2v) is 5.74. The van der Waals surface area contributed by atoms with Crippen LogP contribution in [-0.4, -0.2) is 22.1 Å². The van der Waals surface area contributed by atoms with Gasteiger partial charge in [0.15, 0.2) is 11.6 Å². The van der Waals surface area contributed by atoms with Crippen LogP contribution in [0.5, 0.6) is 5.75 Å². The van der Waals surface area contributed by atoms with Crippen molar-refractivity contribution in [3.05, 3.63) is 53.4 Å². The minimum absolute atomic E-state index is 0.354. The largest absolute Gasteiger partial charge is 0.495 e. The summed E-state index contributed by atoms with van der Waals surface area (Å²) >= 11 is 6.05. The molecule has 0 saturated heterocycles. The molecule has 0 unspecified atom stereocenters. The Morgan fingerprint density at radius 3 is 2.48 bits per heavy atom. The maximum Gasteiger partial charge on any atom is 0.160 e. The number of rotatable bonds is 5. The molecule has 4 N–H and O–H groups in total. The van der Waals surface area contributed by atoms with Crippen LogP contribution in [0.25, 0.3) is 0 Å². The number of pyridine rings is 1. The first-order valence-corrected chi connectivity index (χ1v) is 7.85. The molecular formula is C17H17ClN6O. The fraction of sp³-hybridized carbons (Fsp3) is 0.118. The van der Waals surface area contributed by atoms with Crippen LogP contribution in [-0.2, 0) is 0 Å². The van der Waals surface area contributed by atoms with E-state index in [1.54, 1.807) is 31.5 Å². The quantitative estimate of drug-likeness (QED) is 0.637. The average Bonchev–Trinajstić information content (AvgIpc) is 2.60. The summed E-state index contributed by atoms with van der Waals surface area (Å²) in [6.45, 7) is 1.97. The molecule has 8 heteroatoms.